The zero-order chi connectivity index (χ0) is 21.8. The summed E-state index contributed by atoms with van der Waals surface area (Å²) in [6.45, 7) is 7.17. The average molecular weight is 421 g/mol. The van der Waals surface area contributed by atoms with Crippen LogP contribution in [0.3, 0.4) is 0 Å². The van der Waals surface area contributed by atoms with Gasteiger partial charge in [0.1, 0.15) is 17.1 Å². The third-order valence-corrected chi connectivity index (χ3v) is 7.25. The van der Waals surface area contributed by atoms with Gasteiger partial charge in [0.25, 0.3) is 0 Å². The molecule has 1 aliphatic carbocycles. The minimum absolute atomic E-state index is 0.171. The number of methoxy groups -OCH3 is 2. The molecule has 2 aliphatic rings. The second-order valence-electron chi connectivity index (χ2n) is 8.99. The number of carbonyl (C=O) groups excluding carboxylic acids is 1. The molecule has 0 bridgehead atoms. The van der Waals surface area contributed by atoms with Crippen molar-refractivity contribution in [2.24, 2.45) is 29.6 Å². The maximum absolute atomic E-state index is 12.7. The first-order chi connectivity index (χ1) is 14.3. The molecule has 0 radical (unpaired) electrons. The molecule has 0 spiro atoms. The van der Waals surface area contributed by atoms with E-state index in [9.17, 15) is 9.90 Å². The van der Waals surface area contributed by atoms with Crippen molar-refractivity contribution >= 4 is 5.97 Å². The zero-order valence-electron chi connectivity index (χ0n) is 18.8. The molecular weight excluding hydrogens is 384 g/mol. The standard InChI is InChI=1S/C24H36O6/c1-14-6-9-19(21-13-29-15(2)7-10-18(14)21)16(3)23(25)30-24(26)20-11-8-17(27-4)12-22(20)28-5/h8,11-12,14-16,18-19,21,23,25H,6-7,9-10,13H2,1-5H3/t14-,15?,16?,18+,19+,21?,23+/m1/s1. The summed E-state index contributed by atoms with van der Waals surface area (Å²) in [4.78, 5) is 12.7. The summed E-state index contributed by atoms with van der Waals surface area (Å²) in [5.74, 6) is 2.08. The number of fused-ring (bicyclic) bond motifs is 1. The van der Waals surface area contributed by atoms with Gasteiger partial charge in [0.2, 0.25) is 6.29 Å². The molecule has 1 N–H and O–H groups in total. The first-order valence-corrected chi connectivity index (χ1v) is 11.1. The second-order valence-corrected chi connectivity index (χ2v) is 8.99. The largest absolute Gasteiger partial charge is 0.497 e. The van der Waals surface area contributed by atoms with Crippen molar-refractivity contribution in [1.29, 1.82) is 0 Å². The van der Waals surface area contributed by atoms with Crippen LogP contribution in [-0.4, -0.2) is 44.3 Å². The lowest BCUT2D eigenvalue weighted by Crippen LogP contribution is -2.42. The van der Waals surface area contributed by atoms with Gasteiger partial charge in [-0.25, -0.2) is 4.79 Å². The molecule has 30 heavy (non-hydrogen) atoms. The van der Waals surface area contributed by atoms with E-state index in [2.05, 4.69) is 13.8 Å². The third kappa shape index (κ3) is 4.92. The fourth-order valence-corrected chi connectivity index (χ4v) is 5.27. The molecule has 7 atom stereocenters. The molecule has 1 aliphatic heterocycles. The zero-order valence-corrected chi connectivity index (χ0v) is 18.8. The minimum Gasteiger partial charge on any atom is -0.497 e. The second kappa shape index (κ2) is 10.0. The number of aliphatic hydroxyl groups is 1. The summed E-state index contributed by atoms with van der Waals surface area (Å²) >= 11 is 0. The molecule has 1 saturated heterocycles. The van der Waals surface area contributed by atoms with Gasteiger partial charge in [-0.3, -0.25) is 0 Å². The number of hydrogen-bond donors (Lipinski definition) is 1. The van der Waals surface area contributed by atoms with E-state index in [1.165, 1.54) is 7.11 Å². The van der Waals surface area contributed by atoms with Crippen LogP contribution in [0.4, 0.5) is 0 Å². The van der Waals surface area contributed by atoms with Crippen LogP contribution in [0.15, 0.2) is 18.2 Å². The highest BCUT2D eigenvalue weighted by Crippen LogP contribution is 2.46. The normalized spacial score (nSPS) is 31.1. The Kier molecular flexibility index (Phi) is 7.64. The molecule has 168 valence electrons. The third-order valence-electron chi connectivity index (χ3n) is 7.25. The predicted octanol–water partition coefficient (Wildman–Crippen LogP) is 4.29. The highest BCUT2D eigenvalue weighted by molar-refractivity contribution is 5.92. The number of benzene rings is 1. The molecule has 1 aromatic carbocycles. The molecule has 6 nitrogen and oxygen atoms in total. The predicted molar refractivity (Wildman–Crippen MR) is 114 cm³/mol. The van der Waals surface area contributed by atoms with Crippen molar-refractivity contribution in [2.45, 2.75) is 58.8 Å². The quantitative estimate of drug-likeness (QED) is 0.547. The number of hydrogen-bond acceptors (Lipinski definition) is 6. The van der Waals surface area contributed by atoms with Crippen LogP contribution >= 0.6 is 0 Å². The average Bonchev–Trinajstić information content (AvgIpc) is 2.95. The van der Waals surface area contributed by atoms with Crippen LogP contribution in [0.1, 0.15) is 56.8 Å². The Morgan fingerprint density at radius 2 is 1.87 bits per heavy atom. The van der Waals surface area contributed by atoms with Crippen LogP contribution in [-0.2, 0) is 9.47 Å². The van der Waals surface area contributed by atoms with Crippen LogP contribution in [0.25, 0.3) is 0 Å². The molecule has 3 unspecified atom stereocenters. The molecule has 6 heteroatoms. The van der Waals surface area contributed by atoms with E-state index in [4.69, 9.17) is 18.9 Å². The molecular formula is C24H36O6. The summed E-state index contributed by atoms with van der Waals surface area (Å²) in [6.07, 6.45) is 3.50. The van der Waals surface area contributed by atoms with Crippen molar-refractivity contribution in [3.05, 3.63) is 23.8 Å². The van der Waals surface area contributed by atoms with Gasteiger partial charge in [-0.15, -0.1) is 0 Å². The van der Waals surface area contributed by atoms with Crippen molar-refractivity contribution in [1.82, 2.24) is 0 Å². The van der Waals surface area contributed by atoms with Gasteiger partial charge in [0.05, 0.1) is 26.9 Å². The number of carbonyl (C=O) groups is 1. The number of rotatable bonds is 6. The molecule has 1 saturated carbocycles. The molecule has 0 aromatic heterocycles. The van der Waals surface area contributed by atoms with Crippen LogP contribution < -0.4 is 9.47 Å². The summed E-state index contributed by atoms with van der Waals surface area (Å²) in [6, 6.07) is 4.89. The lowest BCUT2D eigenvalue weighted by atomic mass is 9.62. The van der Waals surface area contributed by atoms with E-state index >= 15 is 0 Å². The minimum atomic E-state index is -1.18. The number of ether oxygens (including phenoxy) is 4. The highest BCUT2D eigenvalue weighted by atomic mass is 16.6. The fraction of sp³-hybridized carbons (Fsp3) is 0.708. The van der Waals surface area contributed by atoms with Crippen LogP contribution in [0.2, 0.25) is 0 Å². The SMILES string of the molecule is COc1ccc(C(=O)O[C@H](O)C(C)[C@@H]2CC[C@@H](C)[C@@H]3CCC(C)OCC23)c(OC)c1. The van der Waals surface area contributed by atoms with Crippen molar-refractivity contribution in [3.8, 4) is 11.5 Å². The summed E-state index contributed by atoms with van der Waals surface area (Å²) < 4.78 is 22.0. The Balaban J connectivity index is 1.70. The van der Waals surface area contributed by atoms with Crippen molar-refractivity contribution in [2.75, 3.05) is 20.8 Å². The van der Waals surface area contributed by atoms with Crippen molar-refractivity contribution < 1.29 is 28.8 Å². The van der Waals surface area contributed by atoms with Crippen LogP contribution in [0, 0.1) is 29.6 Å². The Labute approximate surface area is 179 Å². The Bertz CT molecular complexity index is 720. The topological polar surface area (TPSA) is 74.2 Å². The summed E-state index contributed by atoms with van der Waals surface area (Å²) in [7, 11) is 3.04. The number of esters is 1. The smallest absolute Gasteiger partial charge is 0.344 e. The van der Waals surface area contributed by atoms with Gasteiger partial charge < -0.3 is 24.1 Å². The van der Waals surface area contributed by atoms with Crippen molar-refractivity contribution in [3.63, 3.8) is 0 Å². The molecule has 1 aromatic rings. The fourth-order valence-electron chi connectivity index (χ4n) is 5.27. The summed E-state index contributed by atoms with van der Waals surface area (Å²) in [5.41, 5.74) is 0.270. The van der Waals surface area contributed by atoms with E-state index in [1.807, 2.05) is 6.92 Å². The Morgan fingerprint density at radius 3 is 2.57 bits per heavy atom. The maximum Gasteiger partial charge on any atom is 0.344 e. The molecule has 1 heterocycles. The lowest BCUT2D eigenvalue weighted by Gasteiger charge is -2.44. The van der Waals surface area contributed by atoms with E-state index in [0.29, 0.717) is 29.3 Å². The monoisotopic (exact) mass is 420 g/mol. The molecule has 2 fully saturated rings. The van der Waals surface area contributed by atoms with Gasteiger partial charge >= 0.3 is 5.97 Å². The Hall–Kier alpha value is -1.79. The maximum atomic E-state index is 12.7. The van der Waals surface area contributed by atoms with Gasteiger partial charge in [0, 0.05) is 12.0 Å². The lowest BCUT2D eigenvalue weighted by molar-refractivity contribution is -0.127. The first-order valence-electron chi connectivity index (χ1n) is 11.1. The van der Waals surface area contributed by atoms with Gasteiger partial charge in [0.15, 0.2) is 0 Å². The van der Waals surface area contributed by atoms with E-state index in [-0.39, 0.29) is 23.5 Å². The number of aliphatic hydroxyl groups excluding tert-OH is 1. The van der Waals surface area contributed by atoms with E-state index < -0.39 is 12.3 Å². The van der Waals surface area contributed by atoms with Gasteiger partial charge in [-0.2, -0.15) is 0 Å². The Morgan fingerprint density at radius 1 is 1.10 bits per heavy atom. The van der Waals surface area contributed by atoms with E-state index in [0.717, 1.165) is 32.3 Å². The summed E-state index contributed by atoms with van der Waals surface area (Å²) in [5, 5.41) is 10.8. The first kappa shape index (κ1) is 22.9. The van der Waals surface area contributed by atoms with Gasteiger partial charge in [-0.05, 0) is 62.0 Å². The van der Waals surface area contributed by atoms with Crippen LogP contribution in [0.5, 0.6) is 11.5 Å². The molecule has 0 amide bonds. The van der Waals surface area contributed by atoms with E-state index in [1.54, 1.807) is 25.3 Å². The van der Waals surface area contributed by atoms with Gasteiger partial charge in [-0.1, -0.05) is 20.3 Å². The molecule has 3 rings (SSSR count). The highest BCUT2D eigenvalue weighted by Gasteiger charge is 2.43.